The van der Waals surface area contributed by atoms with Crippen LogP contribution in [0.25, 0.3) is 39.0 Å². The fourth-order valence-electron chi connectivity index (χ4n) is 3.24. The highest BCUT2D eigenvalue weighted by molar-refractivity contribution is 7.27. The number of hydrogen-bond donors (Lipinski definition) is 0. The van der Waals surface area contributed by atoms with E-state index < -0.39 is 0 Å². The molecule has 0 saturated heterocycles. The summed E-state index contributed by atoms with van der Waals surface area (Å²) in [6, 6.07) is 26.1. The SMILES string of the molecule is C(#Cc1ccc(-c2ccc(-c3cccs3)s2)s1)c1ccc(-c2ccc(-c3cccs3)s2)s1. The van der Waals surface area contributed by atoms with Gasteiger partial charge in [0.25, 0.3) is 0 Å². The third-order valence-electron chi connectivity index (χ3n) is 4.75. The number of thiophene rings is 6. The van der Waals surface area contributed by atoms with Gasteiger partial charge in [0.2, 0.25) is 0 Å². The minimum atomic E-state index is 1.11. The lowest BCUT2D eigenvalue weighted by Gasteiger charge is -1.90. The molecule has 0 saturated carbocycles. The third-order valence-corrected chi connectivity index (χ3v) is 11.4. The molecule has 6 rings (SSSR count). The Labute approximate surface area is 210 Å². The summed E-state index contributed by atoms with van der Waals surface area (Å²) in [4.78, 5) is 12.7. The molecule has 0 bridgehead atoms. The van der Waals surface area contributed by atoms with E-state index in [4.69, 9.17) is 0 Å². The Bertz CT molecular complexity index is 1410. The molecular formula is C26H14S6. The summed E-state index contributed by atoms with van der Waals surface area (Å²) in [5.41, 5.74) is 0. The van der Waals surface area contributed by atoms with Gasteiger partial charge in [-0.25, -0.2) is 0 Å². The lowest BCUT2D eigenvalue weighted by molar-refractivity contribution is 1.88. The van der Waals surface area contributed by atoms with Crippen molar-refractivity contribution in [2.75, 3.05) is 0 Å². The van der Waals surface area contributed by atoms with Gasteiger partial charge in [0.05, 0.1) is 9.75 Å². The highest BCUT2D eigenvalue weighted by Gasteiger charge is 2.09. The van der Waals surface area contributed by atoms with Crippen molar-refractivity contribution in [3.05, 3.63) is 93.3 Å². The van der Waals surface area contributed by atoms with E-state index in [1.165, 1.54) is 39.0 Å². The van der Waals surface area contributed by atoms with Crippen molar-refractivity contribution < 1.29 is 0 Å². The molecule has 0 aromatic carbocycles. The van der Waals surface area contributed by atoms with Gasteiger partial charge in [0.1, 0.15) is 0 Å². The Kier molecular flexibility index (Phi) is 5.70. The molecule has 0 atom stereocenters. The van der Waals surface area contributed by atoms with Crippen molar-refractivity contribution in [1.82, 2.24) is 0 Å². The van der Waals surface area contributed by atoms with Crippen LogP contribution in [0, 0.1) is 11.8 Å². The predicted octanol–water partition coefficient (Wildman–Crippen LogP) is 10.1. The molecule has 0 aliphatic rings. The first-order valence-corrected chi connectivity index (χ1v) is 14.8. The summed E-state index contributed by atoms with van der Waals surface area (Å²) in [6.45, 7) is 0. The van der Waals surface area contributed by atoms with Crippen molar-refractivity contribution in [1.29, 1.82) is 0 Å². The van der Waals surface area contributed by atoms with Gasteiger partial charge in [0, 0.05) is 39.0 Å². The number of hydrogen-bond acceptors (Lipinski definition) is 6. The second-order valence-corrected chi connectivity index (χ2v) is 13.1. The lowest BCUT2D eigenvalue weighted by atomic mass is 10.3. The zero-order valence-corrected chi connectivity index (χ0v) is 21.4. The average Bonchev–Trinajstić information content (AvgIpc) is 3.66. The predicted molar refractivity (Wildman–Crippen MR) is 148 cm³/mol. The molecule has 6 heterocycles. The van der Waals surface area contributed by atoms with Gasteiger partial charge >= 0.3 is 0 Å². The molecular weight excluding hydrogens is 505 g/mol. The Hall–Kier alpha value is -2.24. The van der Waals surface area contributed by atoms with E-state index in [0.29, 0.717) is 0 Å². The van der Waals surface area contributed by atoms with Crippen LogP contribution in [-0.4, -0.2) is 0 Å². The van der Waals surface area contributed by atoms with Crippen molar-refractivity contribution in [3.8, 4) is 50.9 Å². The number of rotatable bonds is 4. The maximum absolute atomic E-state index is 3.37. The van der Waals surface area contributed by atoms with Crippen LogP contribution >= 0.6 is 68.0 Å². The minimum Gasteiger partial charge on any atom is -0.143 e. The zero-order chi connectivity index (χ0) is 21.3. The van der Waals surface area contributed by atoms with Gasteiger partial charge in [0.15, 0.2) is 0 Å². The van der Waals surface area contributed by atoms with E-state index in [0.717, 1.165) is 9.75 Å². The molecule has 6 aromatic rings. The molecule has 0 amide bonds. The second kappa shape index (κ2) is 8.95. The second-order valence-electron chi connectivity index (χ2n) is 6.86. The monoisotopic (exact) mass is 518 g/mol. The van der Waals surface area contributed by atoms with Crippen molar-refractivity contribution in [3.63, 3.8) is 0 Å². The van der Waals surface area contributed by atoms with Gasteiger partial charge in [-0.2, -0.15) is 0 Å². The first kappa shape index (κ1) is 20.4. The van der Waals surface area contributed by atoms with Crippen LogP contribution < -0.4 is 0 Å². The third kappa shape index (κ3) is 4.20. The van der Waals surface area contributed by atoms with Crippen LogP contribution in [0.1, 0.15) is 9.75 Å². The van der Waals surface area contributed by atoms with Crippen LogP contribution in [-0.2, 0) is 0 Å². The largest absolute Gasteiger partial charge is 0.143 e. The van der Waals surface area contributed by atoms with Gasteiger partial charge in [-0.3, -0.25) is 0 Å². The van der Waals surface area contributed by atoms with Gasteiger partial charge in [-0.1, -0.05) is 12.1 Å². The van der Waals surface area contributed by atoms with Crippen molar-refractivity contribution in [2.45, 2.75) is 0 Å². The quantitative estimate of drug-likeness (QED) is 0.204. The Morgan fingerprint density at radius 1 is 0.375 bits per heavy atom. The maximum Gasteiger partial charge on any atom is 0.0779 e. The summed E-state index contributed by atoms with van der Waals surface area (Å²) in [5, 5.41) is 4.26. The molecule has 0 radical (unpaired) electrons. The minimum absolute atomic E-state index is 1.11. The molecule has 0 spiro atoms. The first-order valence-electron chi connectivity index (χ1n) is 9.82. The molecule has 6 aromatic heterocycles. The van der Waals surface area contributed by atoms with Crippen molar-refractivity contribution >= 4 is 68.0 Å². The van der Waals surface area contributed by atoms with Crippen LogP contribution in [0.15, 0.2) is 83.6 Å². The molecule has 0 nitrogen and oxygen atoms in total. The summed E-state index contributed by atoms with van der Waals surface area (Å²) in [5.74, 6) is 6.74. The smallest absolute Gasteiger partial charge is 0.0779 e. The van der Waals surface area contributed by atoms with Crippen LogP contribution in [0.3, 0.4) is 0 Å². The van der Waals surface area contributed by atoms with Crippen molar-refractivity contribution in [2.24, 2.45) is 0 Å². The summed E-state index contributed by atoms with van der Waals surface area (Å²) < 4.78 is 0. The topological polar surface area (TPSA) is 0 Å². The summed E-state index contributed by atoms with van der Waals surface area (Å²) in [7, 11) is 0. The molecule has 154 valence electrons. The van der Waals surface area contributed by atoms with Crippen LogP contribution in [0.2, 0.25) is 0 Å². The molecule has 32 heavy (non-hydrogen) atoms. The molecule has 0 N–H and O–H groups in total. The molecule has 0 aliphatic carbocycles. The summed E-state index contributed by atoms with van der Waals surface area (Å²) in [6.07, 6.45) is 0. The highest BCUT2D eigenvalue weighted by Crippen LogP contribution is 2.40. The van der Waals surface area contributed by atoms with E-state index in [1.54, 1.807) is 45.3 Å². The fourth-order valence-corrected chi connectivity index (χ4v) is 8.82. The van der Waals surface area contributed by atoms with Crippen LogP contribution in [0.5, 0.6) is 0 Å². The van der Waals surface area contributed by atoms with Crippen LogP contribution in [0.4, 0.5) is 0 Å². The molecule has 6 heteroatoms. The first-order chi connectivity index (χ1) is 15.8. The zero-order valence-electron chi connectivity index (χ0n) is 16.5. The van der Waals surface area contributed by atoms with E-state index in [9.17, 15) is 0 Å². The van der Waals surface area contributed by atoms with E-state index in [1.807, 2.05) is 22.7 Å². The van der Waals surface area contributed by atoms with E-state index in [2.05, 4.69) is 95.4 Å². The van der Waals surface area contributed by atoms with Gasteiger partial charge in [-0.15, -0.1) is 68.0 Å². The normalized spacial score (nSPS) is 10.9. The molecule has 0 aliphatic heterocycles. The fraction of sp³-hybridized carbons (Fsp3) is 0. The summed E-state index contributed by atoms with van der Waals surface area (Å²) >= 11 is 10.8. The van der Waals surface area contributed by atoms with E-state index in [-0.39, 0.29) is 0 Å². The Balaban J connectivity index is 1.19. The highest BCUT2D eigenvalue weighted by atomic mass is 32.1. The van der Waals surface area contributed by atoms with Gasteiger partial charge < -0.3 is 0 Å². The Morgan fingerprint density at radius 2 is 0.750 bits per heavy atom. The van der Waals surface area contributed by atoms with E-state index >= 15 is 0 Å². The molecule has 0 unspecified atom stereocenters. The standard InChI is InChI=1S/C26H14S6/c1-3-19(27-15-1)21-11-13-25(31-21)23-9-7-17(29-23)5-6-18-8-10-24(30-18)26-14-12-22(32-26)20-4-2-16-28-20/h1-4,7-16H. The molecule has 0 fully saturated rings. The van der Waals surface area contributed by atoms with Gasteiger partial charge in [-0.05, 0) is 83.3 Å². The maximum atomic E-state index is 3.37. The Morgan fingerprint density at radius 3 is 1.16 bits per heavy atom. The lowest BCUT2D eigenvalue weighted by Crippen LogP contribution is -1.62. The average molecular weight is 519 g/mol.